The lowest BCUT2D eigenvalue weighted by atomic mass is 10.0. The van der Waals surface area contributed by atoms with Crippen molar-refractivity contribution in [3.63, 3.8) is 0 Å². The van der Waals surface area contributed by atoms with Crippen LogP contribution in [0.3, 0.4) is 0 Å². The predicted octanol–water partition coefficient (Wildman–Crippen LogP) is 3.71. The van der Waals surface area contributed by atoms with Crippen molar-refractivity contribution < 1.29 is 22.0 Å². The average molecular weight is 452 g/mol. The lowest BCUT2D eigenvalue weighted by Crippen LogP contribution is -2.45. The maximum atomic E-state index is 13.4. The van der Waals surface area contributed by atoms with Crippen LogP contribution in [-0.2, 0) is 10.0 Å². The Hall–Kier alpha value is -2.52. The van der Waals surface area contributed by atoms with Gasteiger partial charge in [0.05, 0.1) is 4.90 Å². The van der Waals surface area contributed by atoms with E-state index in [0.29, 0.717) is 11.6 Å². The first-order valence-electron chi connectivity index (χ1n) is 10.3. The fourth-order valence-corrected chi connectivity index (χ4v) is 4.82. The molecule has 0 aliphatic carbocycles. The number of piperidine rings is 1. The molecule has 168 valence electrons. The third-order valence-electron chi connectivity index (χ3n) is 5.55. The highest BCUT2D eigenvalue weighted by Crippen LogP contribution is 2.21. The molecule has 6 nitrogen and oxygen atoms in total. The fraction of sp³-hybridized carbons (Fsp3) is 0.409. The molecule has 0 atom stereocenters. The molecule has 1 N–H and O–H groups in total. The zero-order valence-electron chi connectivity index (χ0n) is 17.6. The number of anilines is 1. The van der Waals surface area contributed by atoms with Gasteiger partial charge < -0.3 is 9.80 Å². The number of hydrogen-bond donors (Lipinski definition) is 1. The van der Waals surface area contributed by atoms with Crippen molar-refractivity contribution in [3.8, 4) is 0 Å². The normalized spacial score (nSPS) is 15.6. The largest absolute Gasteiger partial charge is 0.339 e. The summed E-state index contributed by atoms with van der Waals surface area (Å²) in [5, 5.41) is 0. The van der Waals surface area contributed by atoms with E-state index in [9.17, 15) is 22.0 Å². The van der Waals surface area contributed by atoms with Gasteiger partial charge in [-0.05, 0) is 68.3 Å². The highest BCUT2D eigenvalue weighted by molar-refractivity contribution is 7.92. The van der Waals surface area contributed by atoms with Gasteiger partial charge in [-0.1, -0.05) is 6.92 Å². The Morgan fingerprint density at radius 2 is 1.74 bits per heavy atom. The van der Waals surface area contributed by atoms with Gasteiger partial charge in [0, 0.05) is 37.4 Å². The molecule has 0 saturated carbocycles. The summed E-state index contributed by atoms with van der Waals surface area (Å²) in [6.07, 6.45) is 2.97. The molecule has 1 heterocycles. The molecular weight excluding hydrogens is 424 g/mol. The molecule has 0 unspecified atom stereocenters. The van der Waals surface area contributed by atoms with E-state index in [-0.39, 0.29) is 22.5 Å². The summed E-state index contributed by atoms with van der Waals surface area (Å²) in [6, 6.07) is 8.59. The molecule has 1 saturated heterocycles. The number of hydrogen-bond acceptors (Lipinski definition) is 4. The lowest BCUT2D eigenvalue weighted by molar-refractivity contribution is 0.0642. The van der Waals surface area contributed by atoms with Gasteiger partial charge in [-0.15, -0.1) is 0 Å². The highest BCUT2D eigenvalue weighted by Gasteiger charge is 2.26. The summed E-state index contributed by atoms with van der Waals surface area (Å²) in [6.45, 7) is 5.18. The van der Waals surface area contributed by atoms with Gasteiger partial charge >= 0.3 is 0 Å². The van der Waals surface area contributed by atoms with Crippen LogP contribution in [0.4, 0.5) is 14.5 Å². The molecular formula is C22H27F2N3O3S. The number of rotatable bonds is 7. The second-order valence-electron chi connectivity index (χ2n) is 7.75. The van der Waals surface area contributed by atoms with E-state index in [4.69, 9.17) is 0 Å². The molecule has 31 heavy (non-hydrogen) atoms. The zero-order chi connectivity index (χ0) is 22.6. The van der Waals surface area contributed by atoms with E-state index >= 15 is 0 Å². The molecule has 1 aliphatic heterocycles. The van der Waals surface area contributed by atoms with Crippen LogP contribution in [0.5, 0.6) is 0 Å². The van der Waals surface area contributed by atoms with Crippen molar-refractivity contribution in [2.75, 3.05) is 31.4 Å². The number of sulfonamides is 1. The van der Waals surface area contributed by atoms with E-state index in [1.54, 1.807) is 24.1 Å². The van der Waals surface area contributed by atoms with Crippen LogP contribution in [0, 0.1) is 11.6 Å². The Morgan fingerprint density at radius 1 is 1.10 bits per heavy atom. The second kappa shape index (κ2) is 9.74. The van der Waals surface area contributed by atoms with E-state index in [0.717, 1.165) is 51.0 Å². The van der Waals surface area contributed by atoms with Gasteiger partial charge in [0.25, 0.3) is 15.9 Å². The Balaban J connectivity index is 1.64. The molecule has 9 heteroatoms. The van der Waals surface area contributed by atoms with Crippen LogP contribution in [0.15, 0.2) is 47.4 Å². The van der Waals surface area contributed by atoms with Crippen LogP contribution in [0.2, 0.25) is 0 Å². The number of nitrogens with one attached hydrogen (secondary N) is 1. The Labute approximate surface area is 181 Å². The topological polar surface area (TPSA) is 69.7 Å². The smallest absolute Gasteiger partial charge is 0.261 e. The Morgan fingerprint density at radius 3 is 2.32 bits per heavy atom. The predicted molar refractivity (Wildman–Crippen MR) is 115 cm³/mol. The lowest BCUT2D eigenvalue weighted by Gasteiger charge is -2.36. The van der Waals surface area contributed by atoms with Crippen molar-refractivity contribution in [1.29, 1.82) is 0 Å². The number of carbonyl (C=O) groups is 1. The van der Waals surface area contributed by atoms with Gasteiger partial charge in [-0.3, -0.25) is 9.52 Å². The average Bonchev–Trinajstić information content (AvgIpc) is 2.75. The van der Waals surface area contributed by atoms with E-state index in [1.165, 1.54) is 12.1 Å². The summed E-state index contributed by atoms with van der Waals surface area (Å²) >= 11 is 0. The van der Waals surface area contributed by atoms with Crippen LogP contribution >= 0.6 is 0 Å². The Bertz CT molecular complexity index is 1020. The molecule has 0 spiro atoms. The van der Waals surface area contributed by atoms with Crippen LogP contribution in [0.1, 0.15) is 36.5 Å². The minimum absolute atomic E-state index is 0.121. The third-order valence-corrected chi connectivity index (χ3v) is 6.93. The molecule has 1 aliphatic rings. The quantitative estimate of drug-likeness (QED) is 0.697. The molecule has 1 amide bonds. The molecule has 2 aromatic carbocycles. The molecule has 0 bridgehead atoms. The third kappa shape index (κ3) is 5.59. The number of carbonyl (C=O) groups excluding carboxylic acids is 1. The van der Waals surface area contributed by atoms with Gasteiger partial charge in [0.15, 0.2) is 11.6 Å². The van der Waals surface area contributed by atoms with Gasteiger partial charge in [0.2, 0.25) is 0 Å². The number of amides is 1. The van der Waals surface area contributed by atoms with E-state index in [1.807, 2.05) is 0 Å². The summed E-state index contributed by atoms with van der Waals surface area (Å²) in [7, 11) is -2.29. The first-order valence-corrected chi connectivity index (χ1v) is 11.8. The molecule has 0 radical (unpaired) electrons. The fourth-order valence-electron chi connectivity index (χ4n) is 3.75. The molecule has 0 aromatic heterocycles. The monoisotopic (exact) mass is 451 g/mol. The Kier molecular flexibility index (Phi) is 7.27. The van der Waals surface area contributed by atoms with E-state index < -0.39 is 21.7 Å². The maximum absolute atomic E-state index is 13.4. The summed E-state index contributed by atoms with van der Waals surface area (Å²) in [4.78, 5) is 16.6. The minimum Gasteiger partial charge on any atom is -0.339 e. The number of halogens is 2. The minimum atomic E-state index is -4.09. The number of likely N-dealkylation sites (tertiary alicyclic amines) is 1. The zero-order valence-corrected chi connectivity index (χ0v) is 18.5. The first-order chi connectivity index (χ1) is 14.7. The SMILES string of the molecule is CCCN1CCC(N(C)C(=O)c2ccc(NS(=O)(=O)c3ccc(F)c(F)c3)cc2)CC1. The summed E-state index contributed by atoms with van der Waals surface area (Å²) in [5.74, 6) is -2.49. The van der Waals surface area contributed by atoms with Gasteiger partial charge in [-0.25, -0.2) is 17.2 Å². The summed E-state index contributed by atoms with van der Waals surface area (Å²) < 4.78 is 53.5. The molecule has 2 aromatic rings. The van der Waals surface area contributed by atoms with Gasteiger partial charge in [-0.2, -0.15) is 0 Å². The van der Waals surface area contributed by atoms with Gasteiger partial charge in [0.1, 0.15) is 0 Å². The van der Waals surface area contributed by atoms with Crippen LogP contribution in [-0.4, -0.2) is 56.8 Å². The van der Waals surface area contributed by atoms with Crippen molar-refractivity contribution in [2.24, 2.45) is 0 Å². The number of benzene rings is 2. The molecule has 1 fully saturated rings. The maximum Gasteiger partial charge on any atom is 0.261 e. The van der Waals surface area contributed by atoms with Crippen molar-refractivity contribution in [2.45, 2.75) is 37.1 Å². The van der Waals surface area contributed by atoms with Crippen LogP contribution in [0.25, 0.3) is 0 Å². The number of nitrogens with zero attached hydrogens (tertiary/aromatic N) is 2. The van der Waals surface area contributed by atoms with Crippen LogP contribution < -0.4 is 4.72 Å². The summed E-state index contributed by atoms with van der Waals surface area (Å²) in [5.41, 5.74) is 0.672. The molecule has 3 rings (SSSR count). The van der Waals surface area contributed by atoms with E-state index in [2.05, 4.69) is 16.5 Å². The highest BCUT2D eigenvalue weighted by atomic mass is 32.2. The van der Waals surface area contributed by atoms with Crippen molar-refractivity contribution >= 4 is 21.6 Å². The van der Waals surface area contributed by atoms with Crippen molar-refractivity contribution in [1.82, 2.24) is 9.80 Å². The second-order valence-corrected chi connectivity index (χ2v) is 9.43. The standard InChI is InChI=1S/C22H27F2N3O3S/c1-3-12-27-13-10-18(11-14-27)26(2)22(28)16-4-6-17(7-5-16)25-31(29,30)19-8-9-20(23)21(24)15-19/h4-9,15,18,25H,3,10-14H2,1-2H3. The first kappa shape index (κ1) is 23.1. The van der Waals surface area contributed by atoms with Crippen molar-refractivity contribution in [3.05, 3.63) is 59.7 Å².